The maximum atomic E-state index is 12.3. The second-order valence-electron chi connectivity index (χ2n) is 4.08. The van der Waals surface area contributed by atoms with E-state index in [1.165, 1.54) is 7.11 Å². The van der Waals surface area contributed by atoms with Crippen LogP contribution in [0.3, 0.4) is 0 Å². The third-order valence-electron chi connectivity index (χ3n) is 2.82. The SMILES string of the molecule is COc1ccccc1C(C#N)C(=O)c1ccc(C)o1. The van der Waals surface area contributed by atoms with Gasteiger partial charge in [0.15, 0.2) is 5.76 Å². The fourth-order valence-corrected chi connectivity index (χ4v) is 1.88. The van der Waals surface area contributed by atoms with Crippen molar-refractivity contribution in [1.29, 1.82) is 5.26 Å². The van der Waals surface area contributed by atoms with Crippen LogP contribution in [0.4, 0.5) is 0 Å². The fraction of sp³-hybridized carbons (Fsp3) is 0.200. The molecular weight excluding hydrogens is 242 g/mol. The van der Waals surface area contributed by atoms with Gasteiger partial charge in [0, 0.05) is 5.56 Å². The van der Waals surface area contributed by atoms with Crippen LogP contribution in [-0.2, 0) is 0 Å². The predicted molar refractivity (Wildman–Crippen MR) is 69.1 cm³/mol. The summed E-state index contributed by atoms with van der Waals surface area (Å²) < 4.78 is 10.5. The van der Waals surface area contributed by atoms with Gasteiger partial charge in [-0.2, -0.15) is 5.26 Å². The molecule has 19 heavy (non-hydrogen) atoms. The van der Waals surface area contributed by atoms with Crippen LogP contribution >= 0.6 is 0 Å². The summed E-state index contributed by atoms with van der Waals surface area (Å²) >= 11 is 0. The van der Waals surface area contributed by atoms with Crippen LogP contribution in [-0.4, -0.2) is 12.9 Å². The molecule has 1 aromatic heterocycles. The first kappa shape index (κ1) is 12.9. The van der Waals surface area contributed by atoms with E-state index in [1.807, 2.05) is 6.07 Å². The number of aryl methyl sites for hydroxylation is 1. The molecule has 1 aromatic carbocycles. The Morgan fingerprint density at radius 3 is 2.63 bits per heavy atom. The average Bonchev–Trinajstić information content (AvgIpc) is 2.86. The molecule has 0 amide bonds. The number of nitriles is 1. The third-order valence-corrected chi connectivity index (χ3v) is 2.82. The first-order valence-corrected chi connectivity index (χ1v) is 5.80. The first-order valence-electron chi connectivity index (χ1n) is 5.80. The minimum absolute atomic E-state index is 0.190. The molecule has 0 N–H and O–H groups in total. The lowest BCUT2D eigenvalue weighted by Gasteiger charge is -2.11. The Morgan fingerprint density at radius 1 is 1.32 bits per heavy atom. The van der Waals surface area contributed by atoms with Gasteiger partial charge in [0.1, 0.15) is 17.4 Å². The van der Waals surface area contributed by atoms with Crippen molar-refractivity contribution in [3.8, 4) is 11.8 Å². The lowest BCUT2D eigenvalue weighted by atomic mass is 9.94. The maximum Gasteiger partial charge on any atom is 0.219 e. The monoisotopic (exact) mass is 255 g/mol. The van der Waals surface area contributed by atoms with Crippen LogP contribution in [0.2, 0.25) is 0 Å². The van der Waals surface area contributed by atoms with Gasteiger partial charge in [0.05, 0.1) is 13.2 Å². The molecule has 0 aliphatic rings. The van der Waals surface area contributed by atoms with E-state index in [1.54, 1.807) is 43.3 Å². The topological polar surface area (TPSA) is 63.2 Å². The third kappa shape index (κ3) is 2.50. The van der Waals surface area contributed by atoms with Crippen LogP contribution in [0, 0.1) is 18.3 Å². The van der Waals surface area contributed by atoms with Crippen LogP contribution in [0.5, 0.6) is 5.75 Å². The molecule has 1 atom stereocenters. The van der Waals surface area contributed by atoms with E-state index in [0.717, 1.165) is 0 Å². The number of methoxy groups -OCH3 is 1. The van der Waals surface area contributed by atoms with Crippen molar-refractivity contribution in [3.63, 3.8) is 0 Å². The second kappa shape index (κ2) is 5.40. The molecule has 0 saturated carbocycles. The molecule has 0 spiro atoms. The molecule has 2 rings (SSSR count). The van der Waals surface area contributed by atoms with Crippen molar-refractivity contribution in [1.82, 2.24) is 0 Å². The Morgan fingerprint density at radius 2 is 2.05 bits per heavy atom. The number of Topliss-reactive ketones (excluding diaryl/α,β-unsaturated/α-hetero) is 1. The highest BCUT2D eigenvalue weighted by Crippen LogP contribution is 2.29. The predicted octanol–water partition coefficient (Wildman–Crippen LogP) is 3.09. The number of carbonyl (C=O) groups excluding carboxylic acids is 1. The van der Waals surface area contributed by atoms with E-state index in [-0.39, 0.29) is 11.5 Å². The molecule has 0 aliphatic heterocycles. The quantitative estimate of drug-likeness (QED) is 0.787. The van der Waals surface area contributed by atoms with Crippen LogP contribution in [0.1, 0.15) is 27.8 Å². The molecule has 96 valence electrons. The van der Waals surface area contributed by atoms with E-state index in [9.17, 15) is 10.1 Å². The zero-order valence-electron chi connectivity index (χ0n) is 10.7. The molecule has 4 heteroatoms. The number of benzene rings is 1. The molecular formula is C15H13NO3. The zero-order valence-corrected chi connectivity index (χ0v) is 10.7. The molecule has 1 unspecified atom stereocenters. The molecule has 0 fully saturated rings. The number of ketones is 1. The van der Waals surface area contributed by atoms with Gasteiger partial charge in [0.2, 0.25) is 5.78 Å². The van der Waals surface area contributed by atoms with E-state index < -0.39 is 5.92 Å². The number of hydrogen-bond acceptors (Lipinski definition) is 4. The van der Waals surface area contributed by atoms with Crippen LogP contribution < -0.4 is 4.74 Å². The highest BCUT2D eigenvalue weighted by Gasteiger charge is 2.26. The summed E-state index contributed by atoms with van der Waals surface area (Å²) in [4.78, 5) is 12.3. The largest absolute Gasteiger partial charge is 0.496 e. The molecule has 0 saturated heterocycles. The van der Waals surface area contributed by atoms with Crippen molar-refractivity contribution < 1.29 is 13.9 Å². The smallest absolute Gasteiger partial charge is 0.219 e. The van der Waals surface area contributed by atoms with Crippen LogP contribution in [0.15, 0.2) is 40.8 Å². The fourth-order valence-electron chi connectivity index (χ4n) is 1.88. The molecule has 0 bridgehead atoms. The normalized spacial score (nSPS) is 11.6. The van der Waals surface area contributed by atoms with E-state index in [0.29, 0.717) is 17.1 Å². The van der Waals surface area contributed by atoms with Gasteiger partial charge >= 0.3 is 0 Å². The van der Waals surface area contributed by atoms with Gasteiger partial charge in [0.25, 0.3) is 0 Å². The minimum Gasteiger partial charge on any atom is -0.496 e. The van der Waals surface area contributed by atoms with E-state index in [4.69, 9.17) is 9.15 Å². The van der Waals surface area contributed by atoms with E-state index >= 15 is 0 Å². The molecule has 2 aromatic rings. The standard InChI is InChI=1S/C15H13NO3/c1-10-7-8-14(19-10)15(17)12(9-16)11-5-3-4-6-13(11)18-2/h3-8,12H,1-2H3. The average molecular weight is 255 g/mol. The van der Waals surface area contributed by atoms with Crippen molar-refractivity contribution >= 4 is 5.78 Å². The Kier molecular flexibility index (Phi) is 3.67. The Balaban J connectivity index is 2.40. The number of carbonyl (C=O) groups is 1. The summed E-state index contributed by atoms with van der Waals surface area (Å²) in [6.45, 7) is 1.75. The molecule has 4 nitrogen and oxygen atoms in total. The lowest BCUT2D eigenvalue weighted by Crippen LogP contribution is -2.11. The highest BCUT2D eigenvalue weighted by molar-refractivity contribution is 6.01. The summed E-state index contributed by atoms with van der Waals surface area (Å²) in [5, 5.41) is 9.27. The minimum atomic E-state index is -0.929. The summed E-state index contributed by atoms with van der Waals surface area (Å²) in [6, 6.07) is 12.3. The summed E-state index contributed by atoms with van der Waals surface area (Å²) in [5.41, 5.74) is 0.548. The summed E-state index contributed by atoms with van der Waals surface area (Å²) in [7, 11) is 1.51. The number of ether oxygens (including phenoxy) is 1. The molecule has 0 radical (unpaired) electrons. The van der Waals surface area contributed by atoms with Gasteiger partial charge in [-0.15, -0.1) is 0 Å². The van der Waals surface area contributed by atoms with Crippen molar-refractivity contribution in [3.05, 3.63) is 53.5 Å². The van der Waals surface area contributed by atoms with Crippen molar-refractivity contribution in [2.24, 2.45) is 0 Å². The second-order valence-corrected chi connectivity index (χ2v) is 4.08. The number of para-hydroxylation sites is 1. The van der Waals surface area contributed by atoms with Gasteiger partial charge in [-0.3, -0.25) is 4.79 Å². The number of furan rings is 1. The maximum absolute atomic E-state index is 12.3. The zero-order chi connectivity index (χ0) is 13.8. The van der Waals surface area contributed by atoms with Gasteiger partial charge in [-0.05, 0) is 25.1 Å². The summed E-state index contributed by atoms with van der Waals surface area (Å²) in [6.07, 6.45) is 0. The number of rotatable bonds is 4. The Hall–Kier alpha value is -2.54. The van der Waals surface area contributed by atoms with Gasteiger partial charge in [-0.25, -0.2) is 0 Å². The first-order chi connectivity index (χ1) is 9.17. The number of hydrogen-bond donors (Lipinski definition) is 0. The van der Waals surface area contributed by atoms with E-state index in [2.05, 4.69) is 0 Å². The van der Waals surface area contributed by atoms with Gasteiger partial charge < -0.3 is 9.15 Å². The molecule has 1 heterocycles. The Labute approximate surface area is 111 Å². The van der Waals surface area contributed by atoms with Crippen molar-refractivity contribution in [2.75, 3.05) is 7.11 Å². The Bertz CT molecular complexity index is 637. The van der Waals surface area contributed by atoms with Gasteiger partial charge in [-0.1, -0.05) is 18.2 Å². The van der Waals surface area contributed by atoms with Crippen LogP contribution in [0.25, 0.3) is 0 Å². The lowest BCUT2D eigenvalue weighted by molar-refractivity contribution is 0.0949. The number of nitrogens with zero attached hydrogens (tertiary/aromatic N) is 1. The summed E-state index contributed by atoms with van der Waals surface area (Å²) in [5.74, 6) is 0.0579. The van der Waals surface area contributed by atoms with Crippen molar-refractivity contribution in [2.45, 2.75) is 12.8 Å². The molecule has 0 aliphatic carbocycles. The highest BCUT2D eigenvalue weighted by atomic mass is 16.5.